The Bertz CT molecular complexity index is 477. The number of hydrogen-bond donors (Lipinski definition) is 1. The number of nitrogens with two attached hydrogens (primary N) is 1. The van der Waals surface area contributed by atoms with Gasteiger partial charge in [-0.05, 0) is 37.6 Å². The molecule has 0 amide bonds. The summed E-state index contributed by atoms with van der Waals surface area (Å²) in [6.07, 6.45) is 1.07. The molecule has 1 rings (SSSR count). The molecule has 0 aliphatic heterocycles. The summed E-state index contributed by atoms with van der Waals surface area (Å²) in [4.78, 5) is 0. The van der Waals surface area contributed by atoms with Crippen LogP contribution in [0.2, 0.25) is 0 Å². The zero-order chi connectivity index (χ0) is 13.6. The average molecular weight is 274 g/mol. The zero-order valence-corrected chi connectivity index (χ0v) is 11.3. The molecule has 4 nitrogen and oxygen atoms in total. The van der Waals surface area contributed by atoms with E-state index in [0.29, 0.717) is 25.1 Å². The maximum absolute atomic E-state index is 13.2. The second-order valence-electron chi connectivity index (χ2n) is 4.01. The molecule has 1 aromatic rings. The fourth-order valence-electron chi connectivity index (χ4n) is 1.66. The minimum Gasteiger partial charge on any atom is -0.330 e. The van der Waals surface area contributed by atoms with Gasteiger partial charge in [-0.1, -0.05) is 13.0 Å². The number of halogens is 1. The van der Waals surface area contributed by atoms with E-state index in [1.807, 2.05) is 0 Å². The van der Waals surface area contributed by atoms with Crippen LogP contribution in [0.5, 0.6) is 0 Å². The number of anilines is 1. The SMILES string of the molecule is CCCS(=O)(=O)N(CCCN)c1cccc(F)c1. The van der Waals surface area contributed by atoms with Crippen LogP contribution in [0.1, 0.15) is 19.8 Å². The molecule has 0 unspecified atom stereocenters. The lowest BCUT2D eigenvalue weighted by atomic mass is 10.3. The monoisotopic (exact) mass is 274 g/mol. The lowest BCUT2D eigenvalue weighted by molar-refractivity contribution is 0.587. The fourth-order valence-corrected chi connectivity index (χ4v) is 3.24. The van der Waals surface area contributed by atoms with Gasteiger partial charge in [0.05, 0.1) is 11.4 Å². The molecule has 0 saturated carbocycles. The van der Waals surface area contributed by atoms with Crippen LogP contribution in [0.4, 0.5) is 10.1 Å². The molecule has 0 aromatic heterocycles. The second-order valence-corrected chi connectivity index (χ2v) is 6.02. The Kier molecular flexibility index (Phi) is 5.55. The van der Waals surface area contributed by atoms with Gasteiger partial charge < -0.3 is 5.73 Å². The van der Waals surface area contributed by atoms with Gasteiger partial charge in [0.1, 0.15) is 5.82 Å². The third-order valence-electron chi connectivity index (χ3n) is 2.46. The lowest BCUT2D eigenvalue weighted by Crippen LogP contribution is -2.34. The van der Waals surface area contributed by atoms with Crippen molar-refractivity contribution in [3.8, 4) is 0 Å². The van der Waals surface area contributed by atoms with Gasteiger partial charge in [-0.25, -0.2) is 12.8 Å². The van der Waals surface area contributed by atoms with Crippen molar-refractivity contribution in [1.29, 1.82) is 0 Å². The molecule has 0 bridgehead atoms. The smallest absolute Gasteiger partial charge is 0.235 e. The molecule has 1 aromatic carbocycles. The van der Waals surface area contributed by atoms with Crippen molar-refractivity contribution in [2.24, 2.45) is 5.73 Å². The van der Waals surface area contributed by atoms with Gasteiger partial charge >= 0.3 is 0 Å². The van der Waals surface area contributed by atoms with Crippen molar-refractivity contribution in [2.45, 2.75) is 19.8 Å². The number of rotatable bonds is 7. The van der Waals surface area contributed by atoms with Crippen LogP contribution in [-0.2, 0) is 10.0 Å². The Morgan fingerprint density at radius 3 is 2.67 bits per heavy atom. The second kappa shape index (κ2) is 6.70. The van der Waals surface area contributed by atoms with Crippen LogP contribution in [0.15, 0.2) is 24.3 Å². The van der Waals surface area contributed by atoms with Crippen LogP contribution in [0, 0.1) is 5.82 Å². The van der Waals surface area contributed by atoms with Crippen molar-refractivity contribution in [2.75, 3.05) is 23.1 Å². The molecule has 0 radical (unpaired) electrons. The largest absolute Gasteiger partial charge is 0.330 e. The summed E-state index contributed by atoms with van der Waals surface area (Å²) in [5.74, 6) is -0.398. The van der Waals surface area contributed by atoms with Crippen LogP contribution in [0.25, 0.3) is 0 Å². The first kappa shape index (κ1) is 14.9. The molecular weight excluding hydrogens is 255 g/mol. The quantitative estimate of drug-likeness (QED) is 0.823. The Hall–Kier alpha value is -1.14. The van der Waals surface area contributed by atoms with Crippen LogP contribution >= 0.6 is 0 Å². The first-order valence-electron chi connectivity index (χ1n) is 5.97. The lowest BCUT2D eigenvalue weighted by Gasteiger charge is -2.24. The highest BCUT2D eigenvalue weighted by Gasteiger charge is 2.21. The van der Waals surface area contributed by atoms with E-state index >= 15 is 0 Å². The normalized spacial score (nSPS) is 11.5. The van der Waals surface area contributed by atoms with E-state index in [0.717, 1.165) is 0 Å². The molecular formula is C12H19FN2O2S. The Morgan fingerprint density at radius 2 is 2.11 bits per heavy atom. The molecule has 0 atom stereocenters. The zero-order valence-electron chi connectivity index (χ0n) is 10.5. The number of hydrogen-bond acceptors (Lipinski definition) is 3. The summed E-state index contributed by atoms with van der Waals surface area (Å²) in [6, 6.07) is 5.61. The molecule has 0 aliphatic rings. The first-order chi connectivity index (χ1) is 8.51. The van der Waals surface area contributed by atoms with E-state index in [1.54, 1.807) is 13.0 Å². The average Bonchev–Trinajstić information content (AvgIpc) is 2.29. The molecule has 0 heterocycles. The topological polar surface area (TPSA) is 63.4 Å². The molecule has 6 heteroatoms. The number of benzene rings is 1. The van der Waals surface area contributed by atoms with Gasteiger partial charge in [-0.15, -0.1) is 0 Å². The maximum atomic E-state index is 13.2. The van der Waals surface area contributed by atoms with Gasteiger partial charge in [0, 0.05) is 6.54 Å². The molecule has 0 spiro atoms. The van der Waals surface area contributed by atoms with Gasteiger partial charge in [0.15, 0.2) is 0 Å². The van der Waals surface area contributed by atoms with E-state index in [4.69, 9.17) is 5.73 Å². The Labute approximate surface area is 108 Å². The van der Waals surface area contributed by atoms with Gasteiger partial charge in [0.25, 0.3) is 0 Å². The van der Waals surface area contributed by atoms with E-state index in [1.165, 1.54) is 22.5 Å². The van der Waals surface area contributed by atoms with Crippen molar-refractivity contribution in [3.63, 3.8) is 0 Å². The van der Waals surface area contributed by atoms with Crippen molar-refractivity contribution >= 4 is 15.7 Å². The van der Waals surface area contributed by atoms with E-state index < -0.39 is 15.8 Å². The van der Waals surface area contributed by atoms with Crippen molar-refractivity contribution in [3.05, 3.63) is 30.1 Å². The van der Waals surface area contributed by atoms with E-state index in [-0.39, 0.29) is 12.3 Å². The molecule has 0 saturated heterocycles. The molecule has 0 aliphatic carbocycles. The third kappa shape index (κ3) is 3.96. The summed E-state index contributed by atoms with van der Waals surface area (Å²) < 4.78 is 38.6. The molecule has 2 N–H and O–H groups in total. The summed E-state index contributed by atoms with van der Waals surface area (Å²) >= 11 is 0. The molecule has 0 fully saturated rings. The van der Waals surface area contributed by atoms with Crippen molar-refractivity contribution in [1.82, 2.24) is 0 Å². The fraction of sp³-hybridized carbons (Fsp3) is 0.500. The van der Waals surface area contributed by atoms with E-state index in [2.05, 4.69) is 0 Å². The van der Waals surface area contributed by atoms with Crippen LogP contribution in [-0.4, -0.2) is 27.3 Å². The van der Waals surface area contributed by atoms with Crippen molar-refractivity contribution < 1.29 is 12.8 Å². The van der Waals surface area contributed by atoms with Gasteiger partial charge in [0.2, 0.25) is 10.0 Å². The Morgan fingerprint density at radius 1 is 1.39 bits per heavy atom. The van der Waals surface area contributed by atoms with Gasteiger partial charge in [-0.2, -0.15) is 0 Å². The van der Waals surface area contributed by atoms with Crippen LogP contribution < -0.4 is 10.0 Å². The number of nitrogens with zero attached hydrogens (tertiary/aromatic N) is 1. The summed E-state index contributed by atoms with van der Waals surface area (Å²) in [6.45, 7) is 2.47. The predicted octanol–water partition coefficient (Wildman–Crippen LogP) is 1.72. The first-order valence-corrected chi connectivity index (χ1v) is 7.58. The minimum absolute atomic E-state index is 0.0497. The predicted molar refractivity (Wildman–Crippen MR) is 71.5 cm³/mol. The summed E-state index contributed by atoms with van der Waals surface area (Å²) in [5, 5.41) is 0. The maximum Gasteiger partial charge on any atom is 0.235 e. The Balaban J connectivity index is 3.05. The highest BCUT2D eigenvalue weighted by molar-refractivity contribution is 7.92. The summed E-state index contributed by atoms with van der Waals surface area (Å²) in [7, 11) is -3.40. The number of sulfonamides is 1. The summed E-state index contributed by atoms with van der Waals surface area (Å²) in [5.41, 5.74) is 5.76. The highest BCUT2D eigenvalue weighted by Crippen LogP contribution is 2.20. The van der Waals surface area contributed by atoms with Crippen LogP contribution in [0.3, 0.4) is 0 Å². The minimum atomic E-state index is -3.40. The third-order valence-corrected chi connectivity index (χ3v) is 4.45. The van der Waals surface area contributed by atoms with E-state index in [9.17, 15) is 12.8 Å². The molecule has 102 valence electrons. The van der Waals surface area contributed by atoms with Gasteiger partial charge in [-0.3, -0.25) is 4.31 Å². The molecule has 18 heavy (non-hydrogen) atoms. The standard InChI is InChI=1S/C12H19FN2O2S/c1-2-9-18(16,17)15(8-4-7-14)12-6-3-5-11(13)10-12/h3,5-6,10H,2,4,7-9,14H2,1H3. The highest BCUT2D eigenvalue weighted by atomic mass is 32.2.